The first-order valence-corrected chi connectivity index (χ1v) is 11.0. The van der Waals surface area contributed by atoms with E-state index in [2.05, 4.69) is 19.9 Å². The molecule has 2 aliphatic heterocycles. The van der Waals surface area contributed by atoms with E-state index in [1.807, 2.05) is 0 Å². The van der Waals surface area contributed by atoms with E-state index in [9.17, 15) is 17.4 Å². The molecule has 23 heavy (non-hydrogen) atoms. The molecule has 0 aliphatic carbocycles. The molecule has 128 valence electrons. The van der Waals surface area contributed by atoms with Gasteiger partial charge in [-0.3, -0.25) is 4.79 Å². The summed E-state index contributed by atoms with van der Waals surface area (Å²) in [5, 5.41) is 7.97. The Bertz CT molecular complexity index is 752. The number of hydrogen-bond acceptors (Lipinski definition) is 6. The number of rotatable bonds is 6. The van der Waals surface area contributed by atoms with Crippen molar-refractivity contribution in [2.75, 3.05) is 30.9 Å². The molecule has 8 nitrogen and oxygen atoms in total. The molecule has 0 aromatic carbocycles. The van der Waals surface area contributed by atoms with Crippen LogP contribution in [0.1, 0.15) is 25.7 Å². The van der Waals surface area contributed by atoms with E-state index in [0.29, 0.717) is 25.7 Å². The van der Waals surface area contributed by atoms with Crippen LogP contribution in [0.15, 0.2) is 14.0 Å². The molecule has 1 saturated heterocycles. The second-order valence-electron chi connectivity index (χ2n) is 5.76. The monoisotopic (exact) mass is 360 g/mol. The van der Waals surface area contributed by atoms with Crippen molar-refractivity contribution in [1.82, 2.24) is 4.90 Å². The van der Waals surface area contributed by atoms with Crippen molar-refractivity contribution in [3.63, 3.8) is 0 Å². The van der Waals surface area contributed by atoms with E-state index >= 15 is 0 Å². The molecule has 1 fully saturated rings. The van der Waals surface area contributed by atoms with Crippen LogP contribution in [0, 0.1) is 12.3 Å². The van der Waals surface area contributed by atoms with Crippen LogP contribution in [0.4, 0.5) is 0 Å². The van der Waals surface area contributed by atoms with Gasteiger partial charge in [0, 0.05) is 38.8 Å². The molecule has 10 heteroatoms. The average Bonchev–Trinajstić information content (AvgIpc) is 3.21. The first-order valence-electron chi connectivity index (χ1n) is 7.26. The molecule has 0 radical (unpaired) electrons. The molecular weight excluding hydrogens is 340 g/mol. The first-order chi connectivity index (χ1) is 10.7. The van der Waals surface area contributed by atoms with Crippen molar-refractivity contribution in [3.8, 4) is 12.3 Å². The topological polar surface area (TPSA) is 109 Å². The molecule has 0 aromatic heterocycles. The van der Waals surface area contributed by atoms with Crippen LogP contribution >= 0.6 is 0 Å². The minimum Gasteiger partial charge on any atom is -0.341 e. The quantitative estimate of drug-likeness (QED) is 0.647. The van der Waals surface area contributed by atoms with Crippen LogP contribution in [-0.2, 0) is 24.5 Å². The summed E-state index contributed by atoms with van der Waals surface area (Å²) >= 11 is 0. The van der Waals surface area contributed by atoms with Crippen LogP contribution in [0.5, 0.6) is 0 Å². The van der Waals surface area contributed by atoms with Crippen molar-refractivity contribution in [1.29, 1.82) is 0 Å². The number of amides is 1. The Morgan fingerprint density at radius 2 is 1.96 bits per heavy atom. The number of terminal acetylenes is 1. The SMILES string of the molecule is C#CCCC1(CCC(=O)N2CCS(=O)(=NS(C)(=O)=O)CC2)N=N1. The number of nitrogens with zero attached hydrogens (tertiary/aromatic N) is 4. The minimum absolute atomic E-state index is 0.0665. The van der Waals surface area contributed by atoms with Gasteiger partial charge in [0.1, 0.15) is 0 Å². The summed E-state index contributed by atoms with van der Waals surface area (Å²) in [4.78, 5) is 13.8. The Hall–Kier alpha value is -1.47. The van der Waals surface area contributed by atoms with Gasteiger partial charge in [0.25, 0.3) is 10.0 Å². The lowest BCUT2D eigenvalue weighted by molar-refractivity contribution is -0.131. The van der Waals surface area contributed by atoms with Gasteiger partial charge in [0.05, 0.1) is 27.5 Å². The van der Waals surface area contributed by atoms with Crippen LogP contribution in [-0.4, -0.2) is 59.9 Å². The van der Waals surface area contributed by atoms with Gasteiger partial charge in [0.2, 0.25) is 5.91 Å². The van der Waals surface area contributed by atoms with E-state index in [0.717, 1.165) is 6.26 Å². The number of hydrogen-bond donors (Lipinski definition) is 0. The molecule has 0 N–H and O–H groups in total. The highest BCUT2D eigenvalue weighted by molar-refractivity contribution is 8.03. The second-order valence-corrected chi connectivity index (χ2v) is 10.2. The van der Waals surface area contributed by atoms with Crippen molar-refractivity contribution in [2.24, 2.45) is 14.0 Å². The Kier molecular flexibility index (Phi) is 5.10. The molecule has 2 aliphatic rings. The molecular formula is C13H20N4O4S2. The molecule has 1 amide bonds. The van der Waals surface area contributed by atoms with Crippen molar-refractivity contribution in [3.05, 3.63) is 0 Å². The van der Waals surface area contributed by atoms with Crippen molar-refractivity contribution in [2.45, 2.75) is 31.3 Å². The summed E-state index contributed by atoms with van der Waals surface area (Å²) in [6.07, 6.45) is 8.18. The lowest BCUT2D eigenvalue weighted by atomic mass is 10.0. The maximum Gasteiger partial charge on any atom is 0.257 e. The van der Waals surface area contributed by atoms with Gasteiger partial charge in [-0.15, -0.1) is 16.1 Å². The van der Waals surface area contributed by atoms with Crippen LogP contribution in [0.25, 0.3) is 0 Å². The maximum atomic E-state index is 12.3. The molecule has 2 rings (SSSR count). The van der Waals surface area contributed by atoms with E-state index in [1.54, 1.807) is 4.90 Å². The van der Waals surface area contributed by atoms with Crippen LogP contribution in [0.3, 0.4) is 0 Å². The molecule has 0 bridgehead atoms. The fourth-order valence-corrected chi connectivity index (χ4v) is 6.21. The summed E-state index contributed by atoms with van der Waals surface area (Å²) in [5.74, 6) is 2.64. The van der Waals surface area contributed by atoms with Gasteiger partial charge in [-0.25, -0.2) is 12.6 Å². The predicted octanol–water partition coefficient (Wildman–Crippen LogP) is 0.612. The van der Waals surface area contributed by atoms with Gasteiger partial charge in [-0.05, 0) is 0 Å². The van der Waals surface area contributed by atoms with Gasteiger partial charge in [-0.2, -0.15) is 10.2 Å². The molecule has 0 saturated carbocycles. The number of carbonyl (C=O) groups excluding carboxylic acids is 1. The molecule has 0 atom stereocenters. The minimum atomic E-state index is -3.64. The Morgan fingerprint density at radius 3 is 2.43 bits per heavy atom. The van der Waals surface area contributed by atoms with E-state index in [4.69, 9.17) is 6.42 Å². The highest BCUT2D eigenvalue weighted by Gasteiger charge is 2.39. The zero-order valence-electron chi connectivity index (χ0n) is 13.0. The summed E-state index contributed by atoms with van der Waals surface area (Å²) < 4.78 is 38.1. The second kappa shape index (κ2) is 6.57. The van der Waals surface area contributed by atoms with Crippen LogP contribution in [0.2, 0.25) is 0 Å². The summed E-state index contributed by atoms with van der Waals surface area (Å²) in [6, 6.07) is 0. The third-order valence-electron chi connectivity index (χ3n) is 3.78. The Labute approximate surface area is 137 Å². The maximum absolute atomic E-state index is 12.3. The highest BCUT2D eigenvalue weighted by atomic mass is 32.3. The molecule has 2 heterocycles. The third kappa shape index (κ3) is 5.28. The zero-order chi connectivity index (χ0) is 17.1. The lowest BCUT2D eigenvalue weighted by Crippen LogP contribution is -2.44. The highest BCUT2D eigenvalue weighted by Crippen LogP contribution is 2.37. The van der Waals surface area contributed by atoms with Gasteiger partial charge >= 0.3 is 0 Å². The fourth-order valence-electron chi connectivity index (χ4n) is 2.42. The summed E-state index contributed by atoms with van der Waals surface area (Å²) in [5.41, 5.74) is -0.489. The van der Waals surface area contributed by atoms with E-state index in [1.165, 1.54) is 0 Å². The summed E-state index contributed by atoms with van der Waals surface area (Å²) in [7, 11) is -6.42. The van der Waals surface area contributed by atoms with Gasteiger partial charge < -0.3 is 4.90 Å². The fraction of sp³-hybridized carbons (Fsp3) is 0.769. The van der Waals surface area contributed by atoms with E-state index in [-0.39, 0.29) is 30.5 Å². The predicted molar refractivity (Wildman–Crippen MR) is 86.6 cm³/mol. The van der Waals surface area contributed by atoms with Gasteiger partial charge in [-0.1, -0.05) is 0 Å². The third-order valence-corrected chi connectivity index (χ3v) is 7.59. The van der Waals surface area contributed by atoms with Crippen molar-refractivity contribution >= 4 is 25.7 Å². The number of carbonyl (C=O) groups is 1. The molecule has 0 spiro atoms. The lowest BCUT2D eigenvalue weighted by Gasteiger charge is -2.28. The van der Waals surface area contributed by atoms with Crippen LogP contribution < -0.4 is 0 Å². The Morgan fingerprint density at radius 1 is 1.35 bits per heavy atom. The van der Waals surface area contributed by atoms with Gasteiger partial charge in [0.15, 0.2) is 5.66 Å². The normalized spacial score (nSPS) is 21.5. The first kappa shape index (κ1) is 17.9. The number of sulfonamides is 1. The Balaban J connectivity index is 1.84. The smallest absolute Gasteiger partial charge is 0.257 e. The standard InChI is InChI=1S/C13H20N4O4S2/c1-3-4-6-13(14-15-13)7-5-12(18)17-8-10-23(21,11-9-17)16-22(2,19)20/h1H,4-11H2,2H3. The van der Waals surface area contributed by atoms with Crippen molar-refractivity contribution < 1.29 is 17.4 Å². The summed E-state index contributed by atoms with van der Waals surface area (Å²) in [6.45, 7) is 0.505. The molecule has 0 aromatic rings. The van der Waals surface area contributed by atoms with E-state index < -0.39 is 25.4 Å². The average molecular weight is 360 g/mol. The largest absolute Gasteiger partial charge is 0.341 e. The molecule has 0 unspecified atom stereocenters. The zero-order valence-corrected chi connectivity index (χ0v) is 14.6.